The highest BCUT2D eigenvalue weighted by molar-refractivity contribution is 6.32. The van der Waals surface area contributed by atoms with E-state index < -0.39 is 4.87 Å². The first-order chi connectivity index (χ1) is 17.0. The predicted octanol–water partition coefficient (Wildman–Crippen LogP) is 9.20. The molecule has 1 aliphatic heterocycles. The van der Waals surface area contributed by atoms with Gasteiger partial charge in [-0.05, 0) is 79.1 Å². The lowest BCUT2D eigenvalue weighted by atomic mass is 10.0. The molecule has 1 heterocycles. The van der Waals surface area contributed by atoms with Crippen molar-refractivity contribution in [1.82, 2.24) is 0 Å². The van der Waals surface area contributed by atoms with Crippen molar-refractivity contribution in [3.8, 4) is 0 Å². The summed E-state index contributed by atoms with van der Waals surface area (Å²) in [6.07, 6.45) is 0.815. The zero-order valence-electron chi connectivity index (χ0n) is 20.3. The number of anilines is 3. The summed E-state index contributed by atoms with van der Waals surface area (Å²) >= 11 is 19.8. The van der Waals surface area contributed by atoms with E-state index in [0.717, 1.165) is 56.6 Å². The van der Waals surface area contributed by atoms with Crippen molar-refractivity contribution in [1.29, 1.82) is 0 Å². The van der Waals surface area contributed by atoms with Gasteiger partial charge in [-0.2, -0.15) is 0 Å². The van der Waals surface area contributed by atoms with E-state index in [1.54, 1.807) is 0 Å². The zero-order chi connectivity index (χ0) is 25.8. The molecule has 3 atom stereocenters. The smallest absolute Gasteiger partial charge is 0.0582 e. The van der Waals surface area contributed by atoms with E-state index in [1.165, 1.54) is 5.56 Å². The number of alkyl halides is 1. The summed E-state index contributed by atoms with van der Waals surface area (Å²) in [5.41, 5.74) is 9.74. The Morgan fingerprint density at radius 3 is 2.47 bits per heavy atom. The van der Waals surface area contributed by atoms with Crippen LogP contribution in [0.4, 0.5) is 17.1 Å². The van der Waals surface area contributed by atoms with Gasteiger partial charge in [0.25, 0.3) is 0 Å². The van der Waals surface area contributed by atoms with E-state index in [1.807, 2.05) is 56.3 Å². The Balaban J connectivity index is 1.31. The second-order valence-corrected chi connectivity index (χ2v) is 11.6. The Hall–Kier alpha value is -2.85. The minimum atomic E-state index is -0.435. The standard InChI is InChI=1S/C30H28Cl3N3/c1-16-10-21(13-22(31)11-16)29-28(30(29,5)33)19(4)36-24-6-8-26(32)25(15-24)18(3)35-23-7-9-27-20(14-23)12-17(2)34-27/h6-11,13-15,28-29,34-36H,2-4,12H2,1,5H3. The van der Waals surface area contributed by atoms with Crippen molar-refractivity contribution < 1.29 is 0 Å². The number of hydrogen-bond acceptors (Lipinski definition) is 3. The fourth-order valence-electron chi connectivity index (χ4n) is 5.23. The summed E-state index contributed by atoms with van der Waals surface area (Å²) in [5.74, 6) is 0.192. The van der Waals surface area contributed by atoms with Crippen LogP contribution >= 0.6 is 34.8 Å². The molecule has 0 aromatic heterocycles. The van der Waals surface area contributed by atoms with Crippen molar-refractivity contribution in [2.75, 3.05) is 16.0 Å². The molecule has 0 bridgehead atoms. The van der Waals surface area contributed by atoms with Gasteiger partial charge in [-0.1, -0.05) is 49.0 Å². The molecule has 3 nitrogen and oxygen atoms in total. The van der Waals surface area contributed by atoms with Crippen LogP contribution in [-0.4, -0.2) is 4.87 Å². The molecule has 3 aromatic rings. The molecule has 0 saturated heterocycles. The minimum absolute atomic E-state index is 0.0623. The Bertz CT molecular complexity index is 1400. The number of fused-ring (bicyclic) bond motifs is 1. The second-order valence-electron chi connectivity index (χ2n) is 9.89. The first-order valence-corrected chi connectivity index (χ1v) is 12.9. The first kappa shape index (κ1) is 24.8. The summed E-state index contributed by atoms with van der Waals surface area (Å²) in [6.45, 7) is 16.7. The molecule has 5 rings (SSSR count). The van der Waals surface area contributed by atoms with Gasteiger partial charge in [0.1, 0.15) is 0 Å². The van der Waals surface area contributed by atoms with Gasteiger partial charge in [0.2, 0.25) is 0 Å². The van der Waals surface area contributed by atoms with Crippen LogP contribution in [-0.2, 0) is 6.42 Å². The predicted molar refractivity (Wildman–Crippen MR) is 156 cm³/mol. The van der Waals surface area contributed by atoms with Crippen LogP contribution in [0.5, 0.6) is 0 Å². The van der Waals surface area contributed by atoms with Crippen LogP contribution in [0, 0.1) is 12.8 Å². The Morgan fingerprint density at radius 2 is 1.72 bits per heavy atom. The lowest BCUT2D eigenvalue weighted by Gasteiger charge is -2.16. The van der Waals surface area contributed by atoms with Crippen LogP contribution in [0.3, 0.4) is 0 Å². The molecule has 6 heteroatoms. The van der Waals surface area contributed by atoms with E-state index in [-0.39, 0.29) is 11.8 Å². The molecule has 1 fully saturated rings. The molecule has 36 heavy (non-hydrogen) atoms. The molecule has 1 saturated carbocycles. The molecule has 0 amide bonds. The number of rotatable bonds is 7. The van der Waals surface area contributed by atoms with E-state index in [2.05, 4.69) is 47.8 Å². The van der Waals surface area contributed by atoms with Gasteiger partial charge in [0.05, 0.1) is 9.90 Å². The zero-order valence-corrected chi connectivity index (χ0v) is 22.6. The molecule has 3 aromatic carbocycles. The van der Waals surface area contributed by atoms with E-state index >= 15 is 0 Å². The normalized spacial score (nSPS) is 22.0. The van der Waals surface area contributed by atoms with Gasteiger partial charge in [-0.3, -0.25) is 0 Å². The van der Waals surface area contributed by atoms with Crippen LogP contribution in [0.1, 0.15) is 35.1 Å². The molecular formula is C30H28Cl3N3. The monoisotopic (exact) mass is 535 g/mol. The highest BCUT2D eigenvalue weighted by atomic mass is 35.5. The fraction of sp³-hybridized carbons (Fsp3) is 0.200. The first-order valence-electron chi connectivity index (χ1n) is 11.8. The number of hydrogen-bond donors (Lipinski definition) is 3. The van der Waals surface area contributed by atoms with E-state index in [0.29, 0.717) is 10.7 Å². The van der Waals surface area contributed by atoms with Crippen molar-refractivity contribution in [2.45, 2.75) is 31.1 Å². The third-order valence-electron chi connectivity index (χ3n) is 6.95. The Labute approximate surface area is 227 Å². The quantitative estimate of drug-likeness (QED) is 0.263. The lowest BCUT2D eigenvalue weighted by molar-refractivity contribution is 0.899. The van der Waals surface area contributed by atoms with Gasteiger partial charge >= 0.3 is 0 Å². The number of halogens is 3. The van der Waals surface area contributed by atoms with Gasteiger partial charge in [0.15, 0.2) is 0 Å². The summed E-state index contributed by atoms with van der Waals surface area (Å²) in [7, 11) is 0. The van der Waals surface area contributed by atoms with Gasteiger partial charge in [-0.25, -0.2) is 0 Å². The molecule has 184 valence electrons. The number of aryl methyl sites for hydroxylation is 1. The maximum absolute atomic E-state index is 6.92. The maximum atomic E-state index is 6.92. The Kier molecular flexibility index (Phi) is 6.36. The van der Waals surface area contributed by atoms with Crippen molar-refractivity contribution in [3.05, 3.63) is 118 Å². The third kappa shape index (κ3) is 4.76. The molecule has 0 spiro atoms. The minimum Gasteiger partial charge on any atom is -0.359 e. The maximum Gasteiger partial charge on any atom is 0.0582 e. The number of nitrogens with one attached hydrogen (secondary N) is 3. The highest BCUT2D eigenvalue weighted by Crippen LogP contribution is 2.64. The van der Waals surface area contributed by atoms with Gasteiger partial charge < -0.3 is 16.0 Å². The topological polar surface area (TPSA) is 36.1 Å². The number of benzene rings is 3. The van der Waals surface area contributed by atoms with Gasteiger partial charge in [0, 0.05) is 63.0 Å². The van der Waals surface area contributed by atoms with E-state index in [4.69, 9.17) is 34.8 Å². The summed E-state index contributed by atoms with van der Waals surface area (Å²) in [5, 5.41) is 11.5. The molecule has 3 unspecified atom stereocenters. The fourth-order valence-corrected chi connectivity index (χ4v) is 6.21. The molecule has 3 N–H and O–H groups in total. The summed E-state index contributed by atoms with van der Waals surface area (Å²) in [4.78, 5) is -0.435. The van der Waals surface area contributed by atoms with Crippen LogP contribution in [0.15, 0.2) is 85.7 Å². The molecular weight excluding hydrogens is 509 g/mol. The van der Waals surface area contributed by atoms with Crippen molar-refractivity contribution in [2.24, 2.45) is 5.92 Å². The third-order valence-corrected chi connectivity index (χ3v) is 7.97. The highest BCUT2D eigenvalue weighted by Gasteiger charge is 2.62. The van der Waals surface area contributed by atoms with Gasteiger partial charge in [-0.15, -0.1) is 11.6 Å². The molecule has 0 radical (unpaired) electrons. The number of allylic oxidation sites excluding steroid dienone is 2. The summed E-state index contributed by atoms with van der Waals surface area (Å²) in [6, 6.07) is 18.0. The van der Waals surface area contributed by atoms with Crippen LogP contribution < -0.4 is 16.0 Å². The second kappa shape index (κ2) is 9.23. The Morgan fingerprint density at radius 1 is 1.00 bits per heavy atom. The average Bonchev–Trinajstić information content (AvgIpc) is 3.18. The largest absolute Gasteiger partial charge is 0.359 e. The van der Waals surface area contributed by atoms with Crippen molar-refractivity contribution >= 4 is 57.6 Å². The summed E-state index contributed by atoms with van der Waals surface area (Å²) < 4.78 is 0. The molecule has 2 aliphatic rings. The molecule has 1 aliphatic carbocycles. The average molecular weight is 537 g/mol. The van der Waals surface area contributed by atoms with Crippen molar-refractivity contribution in [3.63, 3.8) is 0 Å². The SMILES string of the molecule is C=C1Cc2cc(NC(=C)c3cc(NC(=C)C4C(c5cc(C)cc(Cl)c5)C4(C)Cl)ccc3Cl)ccc2N1. The van der Waals surface area contributed by atoms with Crippen LogP contribution in [0.2, 0.25) is 10.0 Å². The lowest BCUT2D eigenvalue weighted by Crippen LogP contribution is -2.06. The van der Waals surface area contributed by atoms with E-state index in [9.17, 15) is 0 Å². The van der Waals surface area contributed by atoms with Crippen LogP contribution in [0.25, 0.3) is 5.70 Å².